The highest BCUT2D eigenvalue weighted by atomic mass is 16.3. The van der Waals surface area contributed by atoms with Crippen LogP contribution in [0.2, 0.25) is 0 Å². The smallest absolute Gasteiger partial charge is 0.143 e. The number of furan rings is 1. The summed E-state index contributed by atoms with van der Waals surface area (Å²) >= 11 is 0. The average molecular weight is 1220 g/mol. The molecule has 18 rings (SSSR count). The molecule has 0 radical (unpaired) electrons. The average Bonchev–Trinajstić information content (AvgIpc) is 1.54. The Bertz CT molecular complexity index is 5640. The fourth-order valence-electron chi connectivity index (χ4n) is 16.1. The molecule has 3 heteroatoms. The van der Waals surface area contributed by atoms with Crippen LogP contribution in [-0.4, -0.2) is 4.57 Å². The number of nitrogens with zero attached hydrogens (tertiary/aromatic N) is 2. The number of fused-ring (bicyclic) bond motifs is 12. The maximum atomic E-state index is 6.55. The first-order valence-electron chi connectivity index (χ1n) is 33.4. The number of rotatable bonds is 12. The highest BCUT2D eigenvalue weighted by Gasteiger charge is 2.43. The van der Waals surface area contributed by atoms with Crippen molar-refractivity contribution in [3.63, 3.8) is 0 Å². The Labute approximate surface area is 555 Å². The Balaban J connectivity index is 0.728. The molecule has 16 aromatic rings. The van der Waals surface area contributed by atoms with Crippen LogP contribution in [0.1, 0.15) is 72.6 Å². The van der Waals surface area contributed by atoms with Crippen molar-refractivity contribution >= 4 is 60.8 Å². The first-order chi connectivity index (χ1) is 46.6. The largest absolute Gasteiger partial charge is 0.455 e. The zero-order chi connectivity index (χ0) is 63.5. The molecular weight excluding hydrogens is 1150 g/mol. The van der Waals surface area contributed by atoms with E-state index >= 15 is 0 Å². The molecule has 2 aliphatic rings. The van der Waals surface area contributed by atoms with Gasteiger partial charge >= 0.3 is 0 Å². The van der Waals surface area contributed by atoms with Crippen molar-refractivity contribution in [2.75, 3.05) is 4.90 Å². The van der Waals surface area contributed by atoms with Gasteiger partial charge in [0.2, 0.25) is 0 Å². The molecule has 2 aromatic heterocycles. The van der Waals surface area contributed by atoms with Crippen LogP contribution >= 0.6 is 0 Å². The van der Waals surface area contributed by atoms with Gasteiger partial charge in [-0.15, -0.1) is 0 Å². The highest BCUT2D eigenvalue weighted by Crippen LogP contribution is 2.59. The van der Waals surface area contributed by atoms with E-state index in [9.17, 15) is 0 Å². The number of para-hydroxylation sites is 4. The molecule has 95 heavy (non-hydrogen) atoms. The molecule has 2 aliphatic carbocycles. The topological polar surface area (TPSA) is 21.3 Å². The summed E-state index contributed by atoms with van der Waals surface area (Å²) in [5.74, 6) is 0.0662. The zero-order valence-electron chi connectivity index (χ0n) is 53.7. The lowest BCUT2D eigenvalue weighted by Crippen LogP contribution is -2.17. The summed E-state index contributed by atoms with van der Waals surface area (Å²) in [7, 11) is 0. The molecule has 0 N–H and O–H groups in total. The maximum Gasteiger partial charge on any atom is 0.143 e. The summed E-state index contributed by atoms with van der Waals surface area (Å²) in [4.78, 5) is 2.43. The van der Waals surface area contributed by atoms with Crippen molar-refractivity contribution in [3.8, 4) is 72.4 Å². The molecule has 1 atom stereocenters. The number of anilines is 3. The molecule has 0 saturated heterocycles. The summed E-state index contributed by atoms with van der Waals surface area (Å²) in [5.41, 5.74) is 32.4. The Morgan fingerprint density at radius 3 is 1.57 bits per heavy atom. The Kier molecular flexibility index (Phi) is 13.1. The molecular formula is C92H68N2O. The summed E-state index contributed by atoms with van der Waals surface area (Å²) in [6.45, 7) is 9.77. The van der Waals surface area contributed by atoms with Crippen LogP contribution < -0.4 is 4.90 Å². The van der Waals surface area contributed by atoms with Crippen LogP contribution in [0.4, 0.5) is 17.1 Å². The minimum absolute atomic E-state index is 0.0662. The second-order valence-electron chi connectivity index (χ2n) is 27.1. The summed E-state index contributed by atoms with van der Waals surface area (Å²) in [6.07, 6.45) is 0.849. The second-order valence-corrected chi connectivity index (χ2v) is 27.1. The van der Waals surface area contributed by atoms with Crippen molar-refractivity contribution in [2.24, 2.45) is 0 Å². The molecule has 1 unspecified atom stereocenters. The normalized spacial score (nSPS) is 13.6. The Morgan fingerprint density at radius 2 is 0.853 bits per heavy atom. The van der Waals surface area contributed by atoms with E-state index < -0.39 is 0 Å². The molecule has 0 fully saturated rings. The van der Waals surface area contributed by atoms with Crippen LogP contribution in [-0.2, 0) is 17.3 Å². The quantitative estimate of drug-likeness (QED) is 0.122. The molecule has 0 amide bonds. The minimum Gasteiger partial charge on any atom is -0.455 e. The Hall–Kier alpha value is -11.5. The van der Waals surface area contributed by atoms with Gasteiger partial charge in [0.15, 0.2) is 0 Å². The standard InChI is InChI=1S/C92H68N2O/c1-91(2)82-31-19-29-76(78(54-59-34-36-62(37-35-59)60-20-8-5-9-21-60)66-40-38-64(39-41-66)67-46-53-87-80(55-67)74-26-14-16-32-86(74)94(87)68-24-12-7-13-25-68)89(82)81-58-84-79(57-85(81)91)73-52-51-71(56-83(73)92(84,3)4)93(69-47-42-63(43-48-69)61-22-10-6-11-23-61)70-49-44-65(45-50-70)72-28-18-30-77-75-27-15-17-33-88(75)95-90(72)77/h5-53,55-58,78H,54H2,1-4H3. The highest BCUT2D eigenvalue weighted by molar-refractivity contribution is 6.11. The molecule has 0 spiro atoms. The monoisotopic (exact) mass is 1220 g/mol. The number of hydrogen-bond acceptors (Lipinski definition) is 2. The predicted molar refractivity (Wildman–Crippen MR) is 398 cm³/mol. The van der Waals surface area contributed by atoms with E-state index in [1.165, 1.54) is 122 Å². The van der Waals surface area contributed by atoms with Gasteiger partial charge in [-0.2, -0.15) is 0 Å². The maximum absolute atomic E-state index is 6.55. The van der Waals surface area contributed by atoms with Gasteiger partial charge in [0.05, 0.1) is 11.0 Å². The predicted octanol–water partition coefficient (Wildman–Crippen LogP) is 24.8. The van der Waals surface area contributed by atoms with E-state index in [2.05, 4.69) is 353 Å². The van der Waals surface area contributed by atoms with Crippen LogP contribution in [0, 0.1) is 0 Å². The van der Waals surface area contributed by atoms with Gasteiger partial charge in [0.1, 0.15) is 11.2 Å². The lowest BCUT2D eigenvalue weighted by atomic mass is 9.79. The first kappa shape index (κ1) is 56.2. The molecule has 3 nitrogen and oxygen atoms in total. The van der Waals surface area contributed by atoms with Gasteiger partial charge in [-0.3, -0.25) is 0 Å². The van der Waals surface area contributed by atoms with Gasteiger partial charge in [0.25, 0.3) is 0 Å². The third kappa shape index (κ3) is 9.24. The lowest BCUT2D eigenvalue weighted by Gasteiger charge is -2.28. The van der Waals surface area contributed by atoms with Crippen molar-refractivity contribution in [1.29, 1.82) is 0 Å². The molecule has 14 aromatic carbocycles. The van der Waals surface area contributed by atoms with Crippen LogP contribution in [0.15, 0.2) is 326 Å². The summed E-state index contributed by atoms with van der Waals surface area (Å²) < 4.78 is 8.94. The van der Waals surface area contributed by atoms with Crippen molar-refractivity contribution in [2.45, 2.75) is 50.9 Å². The van der Waals surface area contributed by atoms with Crippen LogP contribution in [0.3, 0.4) is 0 Å². The fourth-order valence-corrected chi connectivity index (χ4v) is 16.1. The third-order valence-corrected chi connectivity index (χ3v) is 21.1. The van der Waals surface area contributed by atoms with Crippen LogP contribution in [0.5, 0.6) is 0 Å². The van der Waals surface area contributed by atoms with Crippen molar-refractivity contribution < 1.29 is 4.42 Å². The van der Waals surface area contributed by atoms with E-state index in [0.29, 0.717) is 0 Å². The fraction of sp³-hybridized carbons (Fsp3) is 0.0870. The van der Waals surface area contributed by atoms with Gasteiger partial charge in [0, 0.05) is 66.6 Å². The van der Waals surface area contributed by atoms with Crippen LogP contribution in [0.25, 0.3) is 116 Å². The zero-order valence-corrected chi connectivity index (χ0v) is 53.7. The number of hydrogen-bond donors (Lipinski definition) is 0. The second kappa shape index (κ2) is 22.1. The third-order valence-electron chi connectivity index (χ3n) is 21.1. The Morgan fingerprint density at radius 1 is 0.337 bits per heavy atom. The van der Waals surface area contributed by atoms with E-state index in [1.807, 2.05) is 6.07 Å². The minimum atomic E-state index is -0.315. The van der Waals surface area contributed by atoms with Crippen molar-refractivity contribution in [1.82, 2.24) is 4.57 Å². The summed E-state index contributed by atoms with van der Waals surface area (Å²) in [5, 5.41) is 4.77. The van der Waals surface area contributed by atoms with E-state index in [0.717, 1.165) is 56.5 Å². The number of benzene rings is 14. The number of aromatic nitrogens is 1. The molecule has 0 aliphatic heterocycles. The first-order valence-corrected chi connectivity index (χ1v) is 33.4. The molecule has 2 heterocycles. The van der Waals surface area contributed by atoms with Gasteiger partial charge in [-0.1, -0.05) is 264 Å². The summed E-state index contributed by atoms with van der Waals surface area (Å²) in [6, 6.07) is 119. The SMILES string of the molecule is CC1(C)c2cc(N(c3ccc(-c4ccccc4)cc3)c3ccc(-c4cccc5c4oc4ccccc45)cc3)ccc2-c2cc3c(cc21)-c1c(C(Cc2ccc(-c4ccccc4)cc2)c2ccc(-c4ccc5c(c4)c4ccccc4n5-c4ccccc4)cc2)cccc1C3(C)C. The molecule has 0 saturated carbocycles. The molecule has 0 bridgehead atoms. The molecule has 452 valence electrons. The lowest BCUT2D eigenvalue weighted by molar-refractivity contribution is 0.651. The van der Waals surface area contributed by atoms with Gasteiger partial charge < -0.3 is 13.9 Å². The van der Waals surface area contributed by atoms with E-state index in [1.54, 1.807) is 0 Å². The van der Waals surface area contributed by atoms with Gasteiger partial charge in [-0.05, 0) is 191 Å². The van der Waals surface area contributed by atoms with Gasteiger partial charge in [-0.25, -0.2) is 0 Å². The van der Waals surface area contributed by atoms with Crippen molar-refractivity contribution in [3.05, 3.63) is 360 Å². The van der Waals surface area contributed by atoms with E-state index in [-0.39, 0.29) is 16.7 Å². The van der Waals surface area contributed by atoms with E-state index in [4.69, 9.17) is 4.42 Å².